The number of nitrogens with zero attached hydrogens (tertiary/aromatic N) is 1. The summed E-state index contributed by atoms with van der Waals surface area (Å²) in [5.41, 5.74) is 4.18. The van der Waals surface area contributed by atoms with Gasteiger partial charge in [-0.1, -0.05) is 62.4 Å². The van der Waals surface area contributed by atoms with Crippen LogP contribution in [0.15, 0.2) is 48.5 Å². The zero-order chi connectivity index (χ0) is 25.2. The summed E-state index contributed by atoms with van der Waals surface area (Å²) in [6.07, 6.45) is 1.62. The molecule has 4 rings (SSSR count). The van der Waals surface area contributed by atoms with E-state index in [0.717, 1.165) is 24.0 Å². The lowest BCUT2D eigenvalue weighted by molar-refractivity contribution is -0.159. The molecule has 2 aromatic rings. The number of alkyl carbamates (subject to hydrolysis) is 1. The van der Waals surface area contributed by atoms with Crippen LogP contribution in [-0.2, 0) is 14.3 Å². The summed E-state index contributed by atoms with van der Waals surface area (Å²) in [5.74, 6) is -1.17. The van der Waals surface area contributed by atoms with Gasteiger partial charge in [0, 0.05) is 24.9 Å². The molecule has 7 nitrogen and oxygen atoms in total. The van der Waals surface area contributed by atoms with E-state index in [-0.39, 0.29) is 30.9 Å². The van der Waals surface area contributed by atoms with E-state index in [2.05, 4.69) is 29.6 Å². The number of benzene rings is 2. The minimum atomic E-state index is -0.965. The number of piperidine rings is 1. The Morgan fingerprint density at radius 3 is 2.29 bits per heavy atom. The van der Waals surface area contributed by atoms with E-state index in [0.29, 0.717) is 13.0 Å². The molecule has 1 heterocycles. The molecule has 0 spiro atoms. The van der Waals surface area contributed by atoms with E-state index in [1.165, 1.54) is 16.0 Å². The van der Waals surface area contributed by atoms with E-state index in [1.54, 1.807) is 0 Å². The standard InChI is InChI=1S/C28H34N2O5/c1-18(13-14-24(31)30-16-8-15-28(2,3)25(30)26(32)33)29-27(34)35-17-23-21-11-6-4-9-19(21)20-10-5-7-12-22(20)23/h4-7,9-12,18,23,25H,8,13-17H2,1-3H3,(H,29,34)(H,32,33). The molecule has 1 saturated heterocycles. The maximum atomic E-state index is 12.8. The van der Waals surface area contributed by atoms with Crippen molar-refractivity contribution in [2.45, 2.75) is 64.5 Å². The summed E-state index contributed by atoms with van der Waals surface area (Å²) in [6, 6.07) is 15.2. The maximum Gasteiger partial charge on any atom is 0.407 e. The molecule has 0 aromatic heterocycles. The molecule has 2 aliphatic rings. The molecule has 0 bridgehead atoms. The van der Waals surface area contributed by atoms with Crippen LogP contribution < -0.4 is 5.32 Å². The summed E-state index contributed by atoms with van der Waals surface area (Å²) in [7, 11) is 0. The second kappa shape index (κ2) is 10.1. The summed E-state index contributed by atoms with van der Waals surface area (Å²) in [5, 5.41) is 12.5. The van der Waals surface area contributed by atoms with E-state index >= 15 is 0 Å². The van der Waals surface area contributed by atoms with Crippen molar-refractivity contribution >= 4 is 18.0 Å². The van der Waals surface area contributed by atoms with Gasteiger partial charge in [-0.05, 0) is 53.9 Å². The fraction of sp³-hybridized carbons (Fsp3) is 0.464. The molecule has 7 heteroatoms. The van der Waals surface area contributed by atoms with Gasteiger partial charge in [-0.15, -0.1) is 0 Å². The lowest BCUT2D eigenvalue weighted by Crippen LogP contribution is -2.56. The number of carboxylic acids is 1. The van der Waals surface area contributed by atoms with Crippen molar-refractivity contribution in [1.29, 1.82) is 0 Å². The Kier molecular flexibility index (Phi) is 7.15. The summed E-state index contributed by atoms with van der Waals surface area (Å²) >= 11 is 0. The molecular formula is C28H34N2O5. The fourth-order valence-electron chi connectivity index (χ4n) is 5.53. The van der Waals surface area contributed by atoms with Crippen molar-refractivity contribution < 1.29 is 24.2 Å². The molecule has 1 fully saturated rings. The molecule has 0 radical (unpaired) electrons. The molecule has 1 aliphatic carbocycles. The summed E-state index contributed by atoms with van der Waals surface area (Å²) in [6.45, 7) is 6.30. The molecule has 2 aromatic carbocycles. The number of nitrogens with one attached hydrogen (secondary N) is 1. The number of carboxylic acid groups (broad SMARTS) is 1. The molecule has 2 N–H and O–H groups in total. The SMILES string of the molecule is CC(CCC(=O)N1CCCC(C)(C)C1C(=O)O)NC(=O)OCC1c2ccccc2-c2ccccc21. The van der Waals surface area contributed by atoms with Crippen LogP contribution in [0.4, 0.5) is 4.79 Å². The lowest BCUT2D eigenvalue weighted by atomic mass is 9.76. The monoisotopic (exact) mass is 478 g/mol. The Bertz CT molecular complexity index is 1070. The Morgan fingerprint density at radius 1 is 1.09 bits per heavy atom. The molecule has 2 atom stereocenters. The fourth-order valence-corrected chi connectivity index (χ4v) is 5.53. The number of amides is 2. The maximum absolute atomic E-state index is 12.8. The second-order valence-electron chi connectivity index (χ2n) is 10.3. The first-order valence-corrected chi connectivity index (χ1v) is 12.3. The van der Waals surface area contributed by atoms with Crippen LogP contribution in [0.5, 0.6) is 0 Å². The first-order valence-electron chi connectivity index (χ1n) is 12.3. The number of carbonyl (C=O) groups excluding carboxylic acids is 2. The van der Waals surface area contributed by atoms with Crippen LogP contribution in [0.25, 0.3) is 11.1 Å². The van der Waals surface area contributed by atoms with Crippen molar-refractivity contribution in [3.63, 3.8) is 0 Å². The van der Waals surface area contributed by atoms with Crippen LogP contribution in [0, 0.1) is 5.41 Å². The third kappa shape index (κ3) is 5.19. The molecular weight excluding hydrogens is 444 g/mol. The van der Waals surface area contributed by atoms with Gasteiger partial charge in [-0.25, -0.2) is 9.59 Å². The quantitative estimate of drug-likeness (QED) is 0.596. The minimum absolute atomic E-state index is 0.0135. The predicted molar refractivity (Wildman–Crippen MR) is 133 cm³/mol. The number of fused-ring (bicyclic) bond motifs is 3. The van der Waals surface area contributed by atoms with Gasteiger partial charge in [0.25, 0.3) is 0 Å². The first kappa shape index (κ1) is 24.8. The Hall–Kier alpha value is -3.35. The highest BCUT2D eigenvalue weighted by atomic mass is 16.5. The van der Waals surface area contributed by atoms with Gasteiger partial charge in [-0.3, -0.25) is 4.79 Å². The van der Waals surface area contributed by atoms with Gasteiger partial charge in [0.15, 0.2) is 0 Å². The zero-order valence-corrected chi connectivity index (χ0v) is 20.6. The minimum Gasteiger partial charge on any atom is -0.480 e. The van der Waals surface area contributed by atoms with Crippen molar-refractivity contribution in [3.05, 3.63) is 59.7 Å². The molecule has 35 heavy (non-hydrogen) atoms. The zero-order valence-electron chi connectivity index (χ0n) is 20.6. The summed E-state index contributed by atoms with van der Waals surface area (Å²) in [4.78, 5) is 38.7. The van der Waals surface area contributed by atoms with Gasteiger partial charge in [0.05, 0.1) is 0 Å². The Morgan fingerprint density at radius 2 is 1.69 bits per heavy atom. The number of likely N-dealkylation sites (tertiary alicyclic amines) is 1. The topological polar surface area (TPSA) is 95.9 Å². The molecule has 2 amide bonds. The highest BCUT2D eigenvalue weighted by molar-refractivity contribution is 5.84. The van der Waals surface area contributed by atoms with E-state index < -0.39 is 23.5 Å². The van der Waals surface area contributed by atoms with Gasteiger partial charge in [-0.2, -0.15) is 0 Å². The predicted octanol–water partition coefficient (Wildman–Crippen LogP) is 4.80. The normalized spacial score (nSPS) is 19.4. The highest BCUT2D eigenvalue weighted by Crippen LogP contribution is 2.44. The Balaban J connectivity index is 1.29. The van der Waals surface area contributed by atoms with Gasteiger partial charge >= 0.3 is 12.1 Å². The number of ether oxygens (including phenoxy) is 1. The molecule has 2 unspecified atom stereocenters. The number of hydrogen-bond acceptors (Lipinski definition) is 4. The molecule has 1 aliphatic heterocycles. The number of aliphatic carboxylic acids is 1. The van der Waals surface area contributed by atoms with Crippen molar-refractivity contribution in [2.24, 2.45) is 5.41 Å². The van der Waals surface area contributed by atoms with Crippen molar-refractivity contribution in [2.75, 3.05) is 13.2 Å². The van der Waals surface area contributed by atoms with Crippen molar-refractivity contribution in [1.82, 2.24) is 10.2 Å². The van der Waals surface area contributed by atoms with Crippen LogP contribution in [0.3, 0.4) is 0 Å². The van der Waals surface area contributed by atoms with Crippen LogP contribution in [0.2, 0.25) is 0 Å². The Labute approximate surface area is 206 Å². The third-order valence-electron chi connectivity index (χ3n) is 7.33. The van der Waals surface area contributed by atoms with Crippen molar-refractivity contribution in [3.8, 4) is 11.1 Å². The number of hydrogen-bond donors (Lipinski definition) is 2. The van der Waals surface area contributed by atoms with Gasteiger partial charge < -0.3 is 20.1 Å². The van der Waals surface area contributed by atoms with Gasteiger partial charge in [0.2, 0.25) is 5.91 Å². The average molecular weight is 479 g/mol. The smallest absolute Gasteiger partial charge is 0.407 e. The van der Waals surface area contributed by atoms with E-state index in [4.69, 9.17) is 4.74 Å². The largest absolute Gasteiger partial charge is 0.480 e. The lowest BCUT2D eigenvalue weighted by Gasteiger charge is -2.44. The van der Waals surface area contributed by atoms with Crippen LogP contribution in [0.1, 0.15) is 63.5 Å². The van der Waals surface area contributed by atoms with Gasteiger partial charge in [0.1, 0.15) is 12.6 Å². The molecule has 0 saturated carbocycles. The average Bonchev–Trinajstić information content (AvgIpc) is 3.14. The third-order valence-corrected chi connectivity index (χ3v) is 7.33. The molecule has 186 valence electrons. The second-order valence-corrected chi connectivity index (χ2v) is 10.3. The number of carbonyl (C=O) groups is 3. The van der Waals surface area contributed by atoms with Crippen LogP contribution >= 0.6 is 0 Å². The van der Waals surface area contributed by atoms with Crippen LogP contribution in [-0.4, -0.2) is 53.2 Å². The van der Waals surface area contributed by atoms with E-state index in [1.807, 2.05) is 45.0 Å². The number of rotatable bonds is 7. The first-order chi connectivity index (χ1) is 16.7. The summed E-state index contributed by atoms with van der Waals surface area (Å²) < 4.78 is 5.59. The van der Waals surface area contributed by atoms with E-state index in [9.17, 15) is 19.5 Å². The highest BCUT2D eigenvalue weighted by Gasteiger charge is 2.44.